The Balaban J connectivity index is 1.65. The topological polar surface area (TPSA) is 139 Å². The number of nitro benzene ring substituents is 1. The van der Waals surface area contributed by atoms with E-state index in [4.69, 9.17) is 0 Å². The summed E-state index contributed by atoms with van der Waals surface area (Å²) in [5.41, 5.74) is 2.89. The molecule has 0 saturated carbocycles. The van der Waals surface area contributed by atoms with Gasteiger partial charge < -0.3 is 10.6 Å². The van der Waals surface area contributed by atoms with Crippen molar-refractivity contribution in [1.29, 1.82) is 0 Å². The maximum absolute atomic E-state index is 12.4. The summed E-state index contributed by atoms with van der Waals surface area (Å²) >= 11 is 3.36. The van der Waals surface area contributed by atoms with Gasteiger partial charge in [-0.05, 0) is 46.7 Å². The van der Waals surface area contributed by atoms with Crippen LogP contribution in [0, 0.1) is 10.1 Å². The average Bonchev–Trinajstić information content (AvgIpc) is 3.28. The Morgan fingerprint density at radius 3 is 2.45 bits per heavy atom. The summed E-state index contributed by atoms with van der Waals surface area (Å²) in [6, 6.07) is 18.1. The van der Waals surface area contributed by atoms with Gasteiger partial charge >= 0.3 is 6.03 Å². The number of non-ortho nitro benzene ring substituents is 1. The summed E-state index contributed by atoms with van der Waals surface area (Å²) in [6.45, 7) is 0. The number of anilines is 2. The first-order chi connectivity index (χ1) is 15.0. The second-order valence-electron chi connectivity index (χ2n) is 6.39. The van der Waals surface area contributed by atoms with Crippen molar-refractivity contribution in [2.75, 3.05) is 10.6 Å². The quantitative estimate of drug-likeness (QED) is 0.276. The van der Waals surface area contributed by atoms with Crippen LogP contribution in [0.5, 0.6) is 0 Å². The maximum atomic E-state index is 12.4. The molecule has 2 amide bonds. The van der Waals surface area contributed by atoms with Crippen LogP contribution in [0.3, 0.4) is 0 Å². The second kappa shape index (κ2) is 8.71. The molecule has 0 spiro atoms. The number of aromatic amines is 1. The molecule has 0 radical (unpaired) electrons. The van der Waals surface area contributed by atoms with E-state index in [0.29, 0.717) is 28.1 Å². The Morgan fingerprint density at radius 2 is 1.74 bits per heavy atom. The lowest BCUT2D eigenvalue weighted by Gasteiger charge is -2.12. The van der Waals surface area contributed by atoms with Crippen LogP contribution in [0.15, 0.2) is 71.2 Å². The second-order valence-corrected chi connectivity index (χ2v) is 7.31. The van der Waals surface area contributed by atoms with Crippen molar-refractivity contribution in [3.05, 3.63) is 81.3 Å². The number of H-pyrrole nitrogens is 1. The Morgan fingerprint density at radius 1 is 0.968 bits per heavy atom. The molecule has 154 valence electrons. The Kier molecular flexibility index (Phi) is 5.67. The number of nitrogens with zero attached hydrogens (tertiary/aromatic N) is 4. The number of carbonyl (C=O) groups is 1. The molecule has 3 N–H and O–H groups in total. The van der Waals surface area contributed by atoms with E-state index in [1.165, 1.54) is 12.1 Å². The SMILES string of the molecule is O=C(Nc1cccc(Br)c1)Nc1ccc(-c2cccc([N+](=O)[O-])c2)c(-c2nn[nH]n2)c1. The van der Waals surface area contributed by atoms with Gasteiger partial charge in [0.05, 0.1) is 4.92 Å². The minimum atomic E-state index is -0.459. The number of hydrogen-bond acceptors (Lipinski definition) is 6. The summed E-state index contributed by atoms with van der Waals surface area (Å²) in [5.74, 6) is 0.289. The minimum Gasteiger partial charge on any atom is -0.308 e. The van der Waals surface area contributed by atoms with Crippen molar-refractivity contribution in [2.45, 2.75) is 0 Å². The monoisotopic (exact) mass is 479 g/mol. The average molecular weight is 480 g/mol. The molecule has 0 aliphatic heterocycles. The van der Waals surface area contributed by atoms with Gasteiger partial charge in [-0.2, -0.15) is 5.21 Å². The van der Waals surface area contributed by atoms with Crippen LogP contribution in [0.2, 0.25) is 0 Å². The van der Waals surface area contributed by atoms with Crippen LogP contribution in [-0.4, -0.2) is 31.6 Å². The van der Waals surface area contributed by atoms with Gasteiger partial charge in [0.15, 0.2) is 0 Å². The first-order valence-electron chi connectivity index (χ1n) is 8.96. The number of benzene rings is 3. The molecule has 4 aromatic rings. The molecule has 1 aromatic heterocycles. The standard InChI is InChI=1S/C20H14BrN7O3/c21-13-4-2-5-14(10-13)22-20(29)23-15-7-8-17(18(11-15)19-24-26-27-25-19)12-3-1-6-16(9-12)28(30)31/h1-11H,(H2,22,23,29)(H,24,25,26,27). The van der Waals surface area contributed by atoms with Crippen molar-refractivity contribution >= 4 is 39.0 Å². The zero-order valence-electron chi connectivity index (χ0n) is 15.7. The largest absolute Gasteiger partial charge is 0.323 e. The number of nitro groups is 1. The predicted octanol–water partition coefficient (Wildman–Crippen LogP) is 4.85. The van der Waals surface area contributed by atoms with E-state index in [9.17, 15) is 14.9 Å². The first-order valence-corrected chi connectivity index (χ1v) is 9.75. The van der Waals surface area contributed by atoms with E-state index >= 15 is 0 Å². The Labute approximate surface area is 184 Å². The molecule has 0 aliphatic rings. The van der Waals surface area contributed by atoms with Crippen molar-refractivity contribution < 1.29 is 9.72 Å². The zero-order chi connectivity index (χ0) is 21.8. The molecule has 1 heterocycles. The van der Waals surface area contributed by atoms with Gasteiger partial charge in [-0.1, -0.05) is 40.2 Å². The zero-order valence-corrected chi connectivity index (χ0v) is 17.3. The van der Waals surface area contributed by atoms with E-state index < -0.39 is 11.0 Å². The number of amides is 2. The number of halogens is 1. The van der Waals surface area contributed by atoms with Gasteiger partial charge in [-0.3, -0.25) is 10.1 Å². The maximum Gasteiger partial charge on any atom is 0.323 e. The van der Waals surface area contributed by atoms with Crippen molar-refractivity contribution in [3.63, 3.8) is 0 Å². The first kappa shape index (κ1) is 20.2. The molecule has 0 fully saturated rings. The molecular formula is C20H14BrN7O3. The highest BCUT2D eigenvalue weighted by atomic mass is 79.9. The smallest absolute Gasteiger partial charge is 0.308 e. The van der Waals surface area contributed by atoms with Crippen molar-refractivity contribution in [1.82, 2.24) is 20.6 Å². The lowest BCUT2D eigenvalue weighted by atomic mass is 9.98. The van der Waals surface area contributed by atoms with E-state index in [0.717, 1.165) is 4.47 Å². The number of urea groups is 1. The molecule has 0 aliphatic carbocycles. The molecule has 0 unspecified atom stereocenters. The van der Waals surface area contributed by atoms with Crippen LogP contribution in [0.4, 0.5) is 21.9 Å². The highest BCUT2D eigenvalue weighted by Gasteiger charge is 2.16. The van der Waals surface area contributed by atoms with Crippen LogP contribution in [0.25, 0.3) is 22.5 Å². The predicted molar refractivity (Wildman–Crippen MR) is 118 cm³/mol. The normalized spacial score (nSPS) is 10.5. The number of nitrogens with one attached hydrogen (secondary N) is 3. The highest BCUT2D eigenvalue weighted by molar-refractivity contribution is 9.10. The van der Waals surface area contributed by atoms with Gasteiger partial charge in [-0.25, -0.2) is 4.79 Å². The highest BCUT2D eigenvalue weighted by Crippen LogP contribution is 2.34. The Bertz CT molecular complexity index is 1260. The summed E-state index contributed by atoms with van der Waals surface area (Å²) in [4.78, 5) is 23.1. The lowest BCUT2D eigenvalue weighted by Crippen LogP contribution is -2.19. The molecule has 3 aromatic carbocycles. The molecule has 4 rings (SSSR count). The summed E-state index contributed by atoms with van der Waals surface area (Å²) in [7, 11) is 0. The number of carbonyl (C=O) groups excluding carboxylic acids is 1. The molecular weight excluding hydrogens is 466 g/mol. The minimum absolute atomic E-state index is 0.0350. The fraction of sp³-hybridized carbons (Fsp3) is 0. The third kappa shape index (κ3) is 4.73. The third-order valence-corrected chi connectivity index (χ3v) is 4.81. The summed E-state index contributed by atoms with van der Waals surface area (Å²) in [6.07, 6.45) is 0. The fourth-order valence-corrected chi connectivity index (χ4v) is 3.38. The van der Waals surface area contributed by atoms with Gasteiger partial charge in [0.2, 0.25) is 5.82 Å². The lowest BCUT2D eigenvalue weighted by molar-refractivity contribution is -0.384. The van der Waals surface area contributed by atoms with E-state index in [2.05, 4.69) is 47.2 Å². The number of aromatic nitrogens is 4. The number of rotatable bonds is 5. The molecule has 0 bridgehead atoms. The van der Waals surface area contributed by atoms with Gasteiger partial charge in [-0.15, -0.1) is 10.2 Å². The van der Waals surface area contributed by atoms with E-state index in [-0.39, 0.29) is 11.5 Å². The summed E-state index contributed by atoms with van der Waals surface area (Å²) < 4.78 is 0.839. The van der Waals surface area contributed by atoms with Crippen molar-refractivity contribution in [3.8, 4) is 22.5 Å². The van der Waals surface area contributed by atoms with Crippen LogP contribution < -0.4 is 10.6 Å². The fourth-order valence-electron chi connectivity index (χ4n) is 2.98. The third-order valence-electron chi connectivity index (χ3n) is 4.31. The van der Waals surface area contributed by atoms with Crippen LogP contribution in [-0.2, 0) is 0 Å². The van der Waals surface area contributed by atoms with Gasteiger partial charge in [0.1, 0.15) is 0 Å². The number of tetrazole rings is 1. The van der Waals surface area contributed by atoms with E-state index in [1.54, 1.807) is 42.5 Å². The Hall–Kier alpha value is -4.12. The molecule has 10 nitrogen and oxygen atoms in total. The molecule has 0 saturated heterocycles. The molecule has 0 atom stereocenters. The van der Waals surface area contributed by atoms with Crippen LogP contribution in [0.1, 0.15) is 0 Å². The number of hydrogen-bond donors (Lipinski definition) is 3. The van der Waals surface area contributed by atoms with Gasteiger partial charge in [0.25, 0.3) is 5.69 Å². The van der Waals surface area contributed by atoms with E-state index in [1.807, 2.05) is 12.1 Å². The van der Waals surface area contributed by atoms with Gasteiger partial charge in [0, 0.05) is 33.5 Å². The van der Waals surface area contributed by atoms with Crippen molar-refractivity contribution in [2.24, 2.45) is 0 Å². The molecule has 31 heavy (non-hydrogen) atoms. The summed E-state index contributed by atoms with van der Waals surface area (Å²) in [5, 5.41) is 30.7. The molecule has 11 heteroatoms. The van der Waals surface area contributed by atoms with Crippen LogP contribution >= 0.6 is 15.9 Å².